The molecule has 96 valence electrons. The monoisotopic (exact) mass is 409 g/mol. The van der Waals surface area contributed by atoms with Gasteiger partial charge in [0.2, 0.25) is 0 Å². The largest absolute Gasteiger partial charge is 0.279 e. The van der Waals surface area contributed by atoms with Crippen LogP contribution in [-0.4, -0.2) is 8.42 Å². The molecule has 2 rings (SSSR count). The van der Waals surface area contributed by atoms with Gasteiger partial charge in [-0.3, -0.25) is 4.72 Å². The van der Waals surface area contributed by atoms with E-state index in [2.05, 4.69) is 36.6 Å². The molecule has 1 aromatic heterocycles. The van der Waals surface area contributed by atoms with Gasteiger partial charge in [0.15, 0.2) is 4.21 Å². The van der Waals surface area contributed by atoms with Crippen molar-refractivity contribution in [3.05, 3.63) is 44.2 Å². The molecule has 0 saturated heterocycles. The maximum atomic E-state index is 12.2. The average molecular weight is 411 g/mol. The molecule has 0 aliphatic carbocycles. The molecule has 1 N–H and O–H groups in total. The summed E-state index contributed by atoms with van der Waals surface area (Å²) in [5.74, 6) is 0. The van der Waals surface area contributed by atoms with Crippen molar-refractivity contribution in [2.45, 2.75) is 11.1 Å². The number of thiophene rings is 1. The predicted octanol–water partition coefficient (Wildman–Crippen LogP) is 4.38. The van der Waals surface area contributed by atoms with Crippen molar-refractivity contribution in [3.63, 3.8) is 0 Å². The van der Waals surface area contributed by atoms with Crippen molar-refractivity contribution >= 4 is 58.9 Å². The topological polar surface area (TPSA) is 46.2 Å². The van der Waals surface area contributed by atoms with Crippen molar-refractivity contribution in [2.24, 2.45) is 0 Å². The minimum atomic E-state index is -3.53. The van der Waals surface area contributed by atoms with E-state index in [1.807, 2.05) is 13.0 Å². The summed E-state index contributed by atoms with van der Waals surface area (Å²) in [6, 6.07) is 7.11. The van der Waals surface area contributed by atoms with Gasteiger partial charge in [0.05, 0.1) is 5.69 Å². The van der Waals surface area contributed by atoms with Crippen LogP contribution in [0.3, 0.4) is 0 Å². The lowest BCUT2D eigenvalue weighted by atomic mass is 10.2. The van der Waals surface area contributed by atoms with Gasteiger partial charge in [-0.2, -0.15) is 0 Å². The van der Waals surface area contributed by atoms with Crippen LogP contribution < -0.4 is 4.72 Å². The zero-order valence-electron chi connectivity index (χ0n) is 9.28. The highest BCUT2D eigenvalue weighted by molar-refractivity contribution is 9.10. The second-order valence-electron chi connectivity index (χ2n) is 3.62. The van der Waals surface area contributed by atoms with Crippen LogP contribution >= 0.6 is 43.2 Å². The Labute approximate surface area is 127 Å². The van der Waals surface area contributed by atoms with Crippen LogP contribution in [0.1, 0.15) is 5.56 Å². The predicted molar refractivity (Wildman–Crippen MR) is 81.7 cm³/mol. The fourth-order valence-electron chi connectivity index (χ4n) is 1.40. The fraction of sp³-hybridized carbons (Fsp3) is 0.0909. The highest BCUT2D eigenvalue weighted by Gasteiger charge is 2.19. The van der Waals surface area contributed by atoms with Crippen molar-refractivity contribution < 1.29 is 8.42 Å². The third kappa shape index (κ3) is 2.96. The molecule has 0 bridgehead atoms. The minimum Gasteiger partial charge on any atom is -0.279 e. The van der Waals surface area contributed by atoms with E-state index in [9.17, 15) is 8.42 Å². The summed E-state index contributed by atoms with van der Waals surface area (Å²) in [7, 11) is -3.53. The van der Waals surface area contributed by atoms with Crippen LogP contribution in [0.5, 0.6) is 0 Å². The molecule has 0 saturated carbocycles. The SMILES string of the molecule is Cc1cc(Br)ccc1NS(=O)(=O)c1sccc1Br. The number of hydrogen-bond acceptors (Lipinski definition) is 3. The second-order valence-corrected chi connectivity index (χ2v) is 8.18. The number of hydrogen-bond donors (Lipinski definition) is 1. The van der Waals surface area contributed by atoms with E-state index in [1.165, 1.54) is 11.3 Å². The molecule has 0 aliphatic rings. The Morgan fingerprint density at radius 3 is 2.50 bits per heavy atom. The molecule has 0 fully saturated rings. The average Bonchev–Trinajstić information content (AvgIpc) is 2.69. The van der Waals surface area contributed by atoms with Crippen LogP contribution in [-0.2, 0) is 10.0 Å². The maximum absolute atomic E-state index is 12.2. The second kappa shape index (κ2) is 5.32. The maximum Gasteiger partial charge on any atom is 0.272 e. The number of benzene rings is 1. The van der Waals surface area contributed by atoms with Gasteiger partial charge in [0, 0.05) is 8.95 Å². The van der Waals surface area contributed by atoms with E-state index >= 15 is 0 Å². The highest BCUT2D eigenvalue weighted by atomic mass is 79.9. The van der Waals surface area contributed by atoms with Gasteiger partial charge < -0.3 is 0 Å². The van der Waals surface area contributed by atoms with Crippen LogP contribution in [0, 0.1) is 6.92 Å². The van der Waals surface area contributed by atoms with Gasteiger partial charge >= 0.3 is 0 Å². The summed E-state index contributed by atoms with van der Waals surface area (Å²) in [6.45, 7) is 1.85. The third-order valence-corrected chi connectivity index (χ3v) is 6.79. The highest BCUT2D eigenvalue weighted by Crippen LogP contribution is 2.30. The molecule has 7 heteroatoms. The van der Waals surface area contributed by atoms with Gasteiger partial charge in [0.1, 0.15) is 0 Å². The Hall–Kier alpha value is -0.370. The van der Waals surface area contributed by atoms with Crippen LogP contribution in [0.25, 0.3) is 0 Å². The molecular formula is C11H9Br2NO2S2. The Bertz CT molecular complexity index is 680. The van der Waals surface area contributed by atoms with E-state index < -0.39 is 10.0 Å². The first-order valence-electron chi connectivity index (χ1n) is 4.92. The van der Waals surface area contributed by atoms with Crippen molar-refractivity contribution in [2.75, 3.05) is 4.72 Å². The van der Waals surface area contributed by atoms with Gasteiger partial charge in [0.25, 0.3) is 10.0 Å². The molecule has 0 spiro atoms. The molecule has 1 heterocycles. The number of halogens is 2. The lowest BCUT2D eigenvalue weighted by molar-refractivity contribution is 0.603. The van der Waals surface area contributed by atoms with Crippen molar-refractivity contribution in [1.82, 2.24) is 0 Å². The first-order valence-corrected chi connectivity index (χ1v) is 8.87. The molecule has 1 aromatic carbocycles. The lowest BCUT2D eigenvalue weighted by Crippen LogP contribution is -2.12. The number of nitrogens with one attached hydrogen (secondary N) is 1. The number of rotatable bonds is 3. The summed E-state index contributed by atoms with van der Waals surface area (Å²) < 4.78 is 28.7. The van der Waals surface area contributed by atoms with E-state index in [0.717, 1.165) is 10.0 Å². The Balaban J connectivity index is 2.37. The van der Waals surface area contributed by atoms with Gasteiger partial charge in [-0.15, -0.1) is 11.3 Å². The first kappa shape index (κ1) is 14.0. The minimum absolute atomic E-state index is 0.282. The lowest BCUT2D eigenvalue weighted by Gasteiger charge is -2.10. The normalized spacial score (nSPS) is 11.5. The molecule has 0 aliphatic heterocycles. The third-order valence-electron chi connectivity index (χ3n) is 2.26. The van der Waals surface area contributed by atoms with Crippen molar-refractivity contribution in [3.8, 4) is 0 Å². The number of sulfonamides is 1. The summed E-state index contributed by atoms with van der Waals surface area (Å²) in [4.78, 5) is 0. The zero-order valence-corrected chi connectivity index (χ0v) is 14.1. The molecule has 0 unspecified atom stereocenters. The van der Waals surface area contributed by atoms with Crippen LogP contribution in [0.2, 0.25) is 0 Å². The van der Waals surface area contributed by atoms with Crippen LogP contribution in [0.15, 0.2) is 42.8 Å². The van der Waals surface area contributed by atoms with Crippen LogP contribution in [0.4, 0.5) is 5.69 Å². The first-order chi connectivity index (χ1) is 8.40. The van der Waals surface area contributed by atoms with Gasteiger partial charge in [-0.1, -0.05) is 15.9 Å². The van der Waals surface area contributed by atoms with E-state index in [4.69, 9.17) is 0 Å². The molecule has 0 radical (unpaired) electrons. The quantitative estimate of drug-likeness (QED) is 0.815. The summed E-state index contributed by atoms with van der Waals surface area (Å²) in [5.41, 5.74) is 1.44. The van der Waals surface area contributed by atoms with E-state index in [-0.39, 0.29) is 4.21 Å². The Morgan fingerprint density at radius 1 is 1.22 bits per heavy atom. The summed E-state index contributed by atoms with van der Waals surface area (Å²) in [5, 5.41) is 1.73. The molecule has 3 nitrogen and oxygen atoms in total. The molecule has 0 atom stereocenters. The standard InChI is InChI=1S/C11H9Br2NO2S2/c1-7-6-8(12)2-3-10(7)14-18(15,16)11-9(13)4-5-17-11/h2-6,14H,1H3. The van der Waals surface area contributed by atoms with E-state index in [0.29, 0.717) is 10.2 Å². The molecule has 2 aromatic rings. The smallest absolute Gasteiger partial charge is 0.272 e. The Morgan fingerprint density at radius 2 is 1.94 bits per heavy atom. The summed E-state index contributed by atoms with van der Waals surface area (Å²) in [6.07, 6.45) is 0. The molecule has 18 heavy (non-hydrogen) atoms. The van der Waals surface area contributed by atoms with E-state index in [1.54, 1.807) is 23.6 Å². The molecular weight excluding hydrogens is 402 g/mol. The van der Waals surface area contributed by atoms with Gasteiger partial charge in [-0.25, -0.2) is 8.42 Å². The van der Waals surface area contributed by atoms with Crippen molar-refractivity contribution in [1.29, 1.82) is 0 Å². The molecule has 0 amide bonds. The number of anilines is 1. The van der Waals surface area contributed by atoms with Gasteiger partial charge in [-0.05, 0) is 58.1 Å². The zero-order chi connectivity index (χ0) is 13.3. The Kier molecular flexibility index (Phi) is 4.15. The fourth-order valence-corrected chi connectivity index (χ4v) is 5.35. The number of aryl methyl sites for hydroxylation is 1. The summed E-state index contributed by atoms with van der Waals surface area (Å²) >= 11 is 7.75.